The third kappa shape index (κ3) is 9.74. The van der Waals surface area contributed by atoms with E-state index in [1.54, 1.807) is 35.9 Å². The Kier molecular flexibility index (Phi) is 13.6. The first-order valence-corrected chi connectivity index (χ1v) is 14.7. The molecule has 0 spiro atoms. The molecule has 40 heavy (non-hydrogen) atoms. The molecule has 3 N–H and O–H groups in total. The van der Waals surface area contributed by atoms with Crippen LogP contribution in [0.5, 0.6) is 0 Å². The molecule has 0 bridgehead atoms. The molecule has 0 saturated heterocycles. The minimum atomic E-state index is -1.41. The summed E-state index contributed by atoms with van der Waals surface area (Å²) in [6.45, 7) is 4.89. The molecule has 1 unspecified atom stereocenters. The van der Waals surface area contributed by atoms with Crippen LogP contribution in [0.15, 0.2) is 103 Å². The highest BCUT2D eigenvalue weighted by molar-refractivity contribution is 5.73. The van der Waals surface area contributed by atoms with Gasteiger partial charge in [-0.15, -0.1) is 0 Å². The van der Waals surface area contributed by atoms with Crippen LogP contribution in [0.2, 0.25) is 0 Å². The Morgan fingerprint density at radius 1 is 0.900 bits per heavy atom. The summed E-state index contributed by atoms with van der Waals surface area (Å²) >= 11 is 0. The second-order valence-electron chi connectivity index (χ2n) is 10.3. The molecule has 1 aliphatic carbocycles. The summed E-state index contributed by atoms with van der Waals surface area (Å²) in [5.74, 6) is -1.23. The number of rotatable bonds is 13. The van der Waals surface area contributed by atoms with E-state index in [9.17, 15) is 4.79 Å². The number of hydrogen-bond donors (Lipinski definition) is 3. The first-order valence-electron chi connectivity index (χ1n) is 14.7. The number of nitrogens with one attached hydrogen (secondary N) is 1. The van der Waals surface area contributed by atoms with E-state index in [4.69, 9.17) is 14.9 Å². The molecule has 0 radical (unpaired) electrons. The summed E-state index contributed by atoms with van der Waals surface area (Å²) in [7, 11) is 0. The Morgan fingerprint density at radius 2 is 1.45 bits per heavy atom. The van der Waals surface area contributed by atoms with E-state index in [0.29, 0.717) is 5.56 Å². The van der Waals surface area contributed by atoms with Gasteiger partial charge in [0.1, 0.15) is 5.60 Å². The Hall–Kier alpha value is -3.25. The molecule has 5 heteroatoms. The van der Waals surface area contributed by atoms with Crippen LogP contribution in [0.3, 0.4) is 0 Å². The maximum Gasteiger partial charge on any atom is 0.337 e. The Balaban J connectivity index is 0.000000336. The summed E-state index contributed by atoms with van der Waals surface area (Å²) in [6.07, 6.45) is 10.9. The van der Waals surface area contributed by atoms with Crippen molar-refractivity contribution in [1.29, 1.82) is 0 Å². The molecule has 1 aliphatic rings. The molecule has 0 heterocycles. The number of carboxylic acid groups (broad SMARTS) is 1. The number of carbonyl (C=O) groups is 1. The van der Waals surface area contributed by atoms with Crippen LogP contribution < -0.4 is 5.32 Å². The number of ether oxygens (including phenoxy) is 1. The quantitative estimate of drug-likeness (QED) is 0.154. The van der Waals surface area contributed by atoms with Crippen LogP contribution in [0.1, 0.15) is 81.1 Å². The zero-order chi connectivity index (χ0) is 28.5. The molecule has 1 saturated carbocycles. The number of benzene rings is 3. The monoisotopic (exact) mass is 543 g/mol. The molecule has 0 aliphatic heterocycles. The van der Waals surface area contributed by atoms with Gasteiger partial charge < -0.3 is 20.3 Å². The van der Waals surface area contributed by atoms with Crippen LogP contribution in [0.25, 0.3) is 0 Å². The normalized spacial score (nSPS) is 14.1. The van der Waals surface area contributed by atoms with Crippen LogP contribution >= 0.6 is 0 Å². The van der Waals surface area contributed by atoms with Gasteiger partial charge >= 0.3 is 5.97 Å². The van der Waals surface area contributed by atoms with E-state index in [1.165, 1.54) is 43.2 Å². The molecule has 0 amide bonds. The molecule has 0 aromatic heterocycles. The molecule has 214 valence electrons. The van der Waals surface area contributed by atoms with Gasteiger partial charge in [0.25, 0.3) is 0 Å². The van der Waals surface area contributed by atoms with Crippen LogP contribution in [0.4, 0.5) is 0 Å². The lowest BCUT2D eigenvalue weighted by atomic mass is 9.83. The van der Waals surface area contributed by atoms with Gasteiger partial charge in [0.05, 0.1) is 0 Å². The average Bonchev–Trinajstić information content (AvgIpc) is 3.02. The van der Waals surface area contributed by atoms with Crippen molar-refractivity contribution in [2.24, 2.45) is 0 Å². The summed E-state index contributed by atoms with van der Waals surface area (Å²) in [6, 6.07) is 29.8. The fraction of sp³-hybridized carbons (Fsp3) is 0.400. The number of hydrogen-bond acceptors (Lipinski definition) is 4. The minimum Gasteiger partial charge on any atom is -0.479 e. The van der Waals surface area contributed by atoms with Crippen molar-refractivity contribution >= 4 is 5.97 Å². The van der Waals surface area contributed by atoms with Crippen molar-refractivity contribution < 1.29 is 19.7 Å². The Labute approximate surface area is 239 Å². The number of allylic oxidation sites excluding steroid dienone is 1. The van der Waals surface area contributed by atoms with Crippen molar-refractivity contribution in [2.45, 2.75) is 70.0 Å². The standard InChI is InChI=1S/C27H37NO.C8H8O3/c1-2-3-23-29-27(25-15-9-5-10-16-25,26-17-11-6-12-18-26)20-22-28-21-19-24-13-7-4-8-14-24;9-7(8(10)11)6-4-2-1-3-5-6/h5-6,9-12,15-19,28H,2-4,7-8,13-14,20-23H2,1H3;1-5,7,9H,(H,10,11). The van der Waals surface area contributed by atoms with Gasteiger partial charge in [-0.3, -0.25) is 0 Å². The Bertz CT molecular complexity index is 1080. The summed E-state index contributed by atoms with van der Waals surface area (Å²) in [5.41, 5.74) is 4.13. The third-order valence-electron chi connectivity index (χ3n) is 7.36. The molecule has 3 aromatic carbocycles. The lowest BCUT2D eigenvalue weighted by molar-refractivity contribution is -0.146. The zero-order valence-electron chi connectivity index (χ0n) is 23.8. The number of aliphatic hydroxyl groups is 1. The van der Waals surface area contributed by atoms with Crippen molar-refractivity contribution in [3.05, 3.63) is 119 Å². The fourth-order valence-electron chi connectivity index (χ4n) is 5.07. The lowest BCUT2D eigenvalue weighted by Crippen LogP contribution is -2.35. The van der Waals surface area contributed by atoms with E-state index in [-0.39, 0.29) is 0 Å². The highest BCUT2D eigenvalue weighted by Gasteiger charge is 2.34. The molecular weight excluding hydrogens is 498 g/mol. The third-order valence-corrected chi connectivity index (χ3v) is 7.36. The van der Waals surface area contributed by atoms with E-state index in [1.807, 2.05) is 0 Å². The van der Waals surface area contributed by atoms with Gasteiger partial charge in [0, 0.05) is 13.2 Å². The number of carboxylic acids is 1. The highest BCUT2D eigenvalue weighted by atomic mass is 16.5. The second kappa shape index (κ2) is 17.4. The molecule has 4 rings (SSSR count). The van der Waals surface area contributed by atoms with Crippen LogP contribution in [-0.4, -0.2) is 35.9 Å². The van der Waals surface area contributed by atoms with E-state index in [0.717, 1.165) is 39.0 Å². The summed E-state index contributed by atoms with van der Waals surface area (Å²) < 4.78 is 6.68. The molecule has 5 nitrogen and oxygen atoms in total. The number of aliphatic hydroxyl groups excluding tert-OH is 1. The minimum absolute atomic E-state index is 0.400. The predicted molar refractivity (Wildman–Crippen MR) is 162 cm³/mol. The molecule has 3 aromatic rings. The van der Waals surface area contributed by atoms with Crippen molar-refractivity contribution in [3.63, 3.8) is 0 Å². The lowest BCUT2D eigenvalue weighted by Gasteiger charge is -2.35. The highest BCUT2D eigenvalue weighted by Crippen LogP contribution is 2.37. The number of unbranched alkanes of at least 4 members (excludes halogenated alkanes) is 1. The molecule has 1 atom stereocenters. The molecule has 1 fully saturated rings. The Morgan fingerprint density at radius 3 is 1.98 bits per heavy atom. The maximum atomic E-state index is 10.2. The smallest absolute Gasteiger partial charge is 0.337 e. The van der Waals surface area contributed by atoms with Crippen LogP contribution in [0, 0.1) is 0 Å². The fourth-order valence-corrected chi connectivity index (χ4v) is 5.07. The topological polar surface area (TPSA) is 78.8 Å². The van der Waals surface area contributed by atoms with Crippen molar-refractivity contribution in [2.75, 3.05) is 19.7 Å². The first kappa shape index (κ1) is 31.3. The van der Waals surface area contributed by atoms with Gasteiger partial charge in [-0.25, -0.2) is 4.79 Å². The van der Waals surface area contributed by atoms with Gasteiger partial charge in [-0.1, -0.05) is 122 Å². The second-order valence-corrected chi connectivity index (χ2v) is 10.3. The van der Waals surface area contributed by atoms with Crippen molar-refractivity contribution in [1.82, 2.24) is 5.32 Å². The van der Waals surface area contributed by atoms with E-state index < -0.39 is 17.7 Å². The largest absolute Gasteiger partial charge is 0.479 e. The predicted octanol–water partition coefficient (Wildman–Crippen LogP) is 7.42. The van der Waals surface area contributed by atoms with Gasteiger partial charge in [0.15, 0.2) is 6.10 Å². The molecular formula is C35H45NO4. The van der Waals surface area contributed by atoms with E-state index >= 15 is 0 Å². The van der Waals surface area contributed by atoms with E-state index in [2.05, 4.69) is 79.0 Å². The van der Waals surface area contributed by atoms with Gasteiger partial charge in [0.2, 0.25) is 0 Å². The van der Waals surface area contributed by atoms with Crippen molar-refractivity contribution in [3.8, 4) is 0 Å². The number of aliphatic carboxylic acids is 1. The zero-order valence-corrected chi connectivity index (χ0v) is 23.8. The van der Waals surface area contributed by atoms with Gasteiger partial charge in [-0.05, 0) is 61.8 Å². The van der Waals surface area contributed by atoms with Crippen LogP contribution in [-0.2, 0) is 15.1 Å². The first-order chi connectivity index (χ1) is 19.6. The van der Waals surface area contributed by atoms with Gasteiger partial charge in [-0.2, -0.15) is 0 Å². The summed E-state index contributed by atoms with van der Waals surface area (Å²) in [4.78, 5) is 10.2. The maximum absolute atomic E-state index is 10.2. The SMILES string of the molecule is CCCCOC(CCNCC=C1CCCCC1)(c1ccccc1)c1ccccc1.O=C(O)C(O)c1ccccc1. The summed E-state index contributed by atoms with van der Waals surface area (Å²) in [5, 5.41) is 21.0. The average molecular weight is 544 g/mol.